The quantitative estimate of drug-likeness (QED) is 0.875. The number of amides is 2. The zero-order valence-electron chi connectivity index (χ0n) is 13.7. The van der Waals surface area contributed by atoms with E-state index in [1.165, 1.54) is 4.90 Å². The van der Waals surface area contributed by atoms with Crippen LogP contribution in [0.25, 0.3) is 0 Å². The molecule has 0 saturated carbocycles. The van der Waals surface area contributed by atoms with Crippen LogP contribution < -0.4 is 15.4 Å². The van der Waals surface area contributed by atoms with Crippen LogP contribution in [-0.2, 0) is 4.79 Å². The number of carbonyl (C=O) groups is 2. The Labute approximate surface area is 143 Å². The first kappa shape index (κ1) is 19.3. The van der Waals surface area contributed by atoms with Crippen LogP contribution in [-0.4, -0.2) is 51.0 Å². The van der Waals surface area contributed by atoms with Crippen LogP contribution in [0.4, 0.5) is 5.69 Å². The maximum Gasteiger partial charge on any atom is 0.253 e. The third-order valence-corrected chi connectivity index (χ3v) is 3.78. The van der Waals surface area contributed by atoms with Crippen molar-refractivity contribution in [3.05, 3.63) is 23.8 Å². The molecule has 2 rings (SSSR count). The minimum absolute atomic E-state index is 0. The first-order valence-corrected chi connectivity index (χ1v) is 7.44. The number of anilines is 1. The minimum Gasteiger partial charge on any atom is -0.495 e. The molecule has 128 valence electrons. The maximum absolute atomic E-state index is 12.3. The highest BCUT2D eigenvalue weighted by molar-refractivity contribution is 5.98. The highest BCUT2D eigenvalue weighted by Crippen LogP contribution is 2.27. The summed E-state index contributed by atoms with van der Waals surface area (Å²) in [6.07, 6.45) is 1.87. The molecule has 0 spiro atoms. The molecular formula is C16H24ClN3O3. The molecule has 1 fully saturated rings. The monoisotopic (exact) mass is 341 g/mol. The topological polar surface area (TPSA) is 70.7 Å². The summed E-state index contributed by atoms with van der Waals surface area (Å²) >= 11 is 0. The predicted molar refractivity (Wildman–Crippen MR) is 92.5 cm³/mol. The van der Waals surface area contributed by atoms with Gasteiger partial charge >= 0.3 is 0 Å². The van der Waals surface area contributed by atoms with Crippen molar-refractivity contribution in [2.75, 3.05) is 39.6 Å². The molecule has 7 heteroatoms. The van der Waals surface area contributed by atoms with Crippen LogP contribution in [0, 0.1) is 5.92 Å². The number of carbonyl (C=O) groups excluding carboxylic acids is 2. The predicted octanol–water partition coefficient (Wildman–Crippen LogP) is 1.76. The second-order valence-corrected chi connectivity index (χ2v) is 5.65. The Hall–Kier alpha value is -1.79. The molecule has 0 aliphatic carbocycles. The Kier molecular flexibility index (Phi) is 7.32. The third-order valence-electron chi connectivity index (χ3n) is 3.78. The molecule has 0 radical (unpaired) electrons. The summed E-state index contributed by atoms with van der Waals surface area (Å²) in [6, 6.07) is 5.06. The number of rotatable bonds is 4. The Morgan fingerprint density at radius 1 is 1.35 bits per heavy atom. The van der Waals surface area contributed by atoms with Crippen molar-refractivity contribution in [2.24, 2.45) is 5.92 Å². The van der Waals surface area contributed by atoms with Gasteiger partial charge in [-0.3, -0.25) is 9.59 Å². The molecule has 1 unspecified atom stereocenters. The molecule has 6 nitrogen and oxygen atoms in total. The van der Waals surface area contributed by atoms with Crippen molar-refractivity contribution >= 4 is 29.9 Å². The Morgan fingerprint density at radius 2 is 2.09 bits per heavy atom. The SMILES string of the molecule is COc1ccc(C(=O)N(C)C)cc1NC(=O)C1CCCNC1.Cl. The fourth-order valence-electron chi connectivity index (χ4n) is 2.51. The summed E-state index contributed by atoms with van der Waals surface area (Å²) in [4.78, 5) is 25.9. The van der Waals surface area contributed by atoms with E-state index in [1.807, 2.05) is 0 Å². The molecule has 23 heavy (non-hydrogen) atoms. The lowest BCUT2D eigenvalue weighted by Crippen LogP contribution is -2.37. The van der Waals surface area contributed by atoms with Gasteiger partial charge in [-0.1, -0.05) is 0 Å². The summed E-state index contributed by atoms with van der Waals surface area (Å²) in [6.45, 7) is 1.64. The molecule has 1 aromatic rings. The van der Waals surface area contributed by atoms with E-state index >= 15 is 0 Å². The van der Waals surface area contributed by atoms with Gasteiger partial charge in [0.25, 0.3) is 5.91 Å². The molecule has 1 aliphatic rings. The summed E-state index contributed by atoms with van der Waals surface area (Å²) < 4.78 is 5.27. The van der Waals surface area contributed by atoms with Crippen molar-refractivity contribution in [3.63, 3.8) is 0 Å². The van der Waals surface area contributed by atoms with E-state index in [9.17, 15) is 9.59 Å². The molecule has 1 heterocycles. The van der Waals surface area contributed by atoms with E-state index in [2.05, 4.69) is 10.6 Å². The zero-order valence-corrected chi connectivity index (χ0v) is 14.5. The third kappa shape index (κ3) is 4.84. The molecule has 0 aromatic heterocycles. The lowest BCUT2D eigenvalue weighted by molar-refractivity contribution is -0.120. The highest BCUT2D eigenvalue weighted by Gasteiger charge is 2.22. The van der Waals surface area contributed by atoms with Crippen molar-refractivity contribution in [1.29, 1.82) is 0 Å². The van der Waals surface area contributed by atoms with Gasteiger partial charge in [-0.25, -0.2) is 0 Å². The van der Waals surface area contributed by atoms with Crippen molar-refractivity contribution in [2.45, 2.75) is 12.8 Å². The van der Waals surface area contributed by atoms with Crippen LogP contribution in [0.5, 0.6) is 5.75 Å². The fraction of sp³-hybridized carbons (Fsp3) is 0.500. The van der Waals surface area contributed by atoms with Gasteiger partial charge in [0.15, 0.2) is 0 Å². The fourth-order valence-corrected chi connectivity index (χ4v) is 2.51. The number of ether oxygens (including phenoxy) is 1. The molecular weight excluding hydrogens is 318 g/mol. The molecule has 2 N–H and O–H groups in total. The van der Waals surface area contributed by atoms with E-state index in [0.717, 1.165) is 19.4 Å². The Bertz CT molecular complexity index is 558. The summed E-state index contributed by atoms with van der Waals surface area (Å²) in [7, 11) is 4.93. The van der Waals surface area contributed by atoms with Gasteiger partial charge in [-0.05, 0) is 37.6 Å². The first-order chi connectivity index (χ1) is 10.5. The van der Waals surface area contributed by atoms with E-state index in [-0.39, 0.29) is 30.1 Å². The number of halogens is 1. The average Bonchev–Trinajstić information content (AvgIpc) is 2.54. The second kappa shape index (κ2) is 8.74. The van der Waals surface area contributed by atoms with Crippen molar-refractivity contribution < 1.29 is 14.3 Å². The molecule has 1 aromatic carbocycles. The highest BCUT2D eigenvalue weighted by atomic mass is 35.5. The minimum atomic E-state index is -0.113. The molecule has 1 atom stereocenters. The van der Waals surface area contributed by atoms with Crippen LogP contribution in [0.15, 0.2) is 18.2 Å². The van der Waals surface area contributed by atoms with E-state index in [0.29, 0.717) is 23.5 Å². The Balaban J connectivity index is 0.00000264. The summed E-state index contributed by atoms with van der Waals surface area (Å²) in [5.41, 5.74) is 1.05. The summed E-state index contributed by atoms with van der Waals surface area (Å²) in [5, 5.41) is 6.11. The van der Waals surface area contributed by atoms with Gasteiger partial charge in [0, 0.05) is 26.2 Å². The number of hydrogen-bond donors (Lipinski definition) is 2. The standard InChI is InChI=1S/C16H23N3O3.ClH/c1-19(2)16(21)11-6-7-14(22-3)13(9-11)18-15(20)12-5-4-8-17-10-12;/h6-7,9,12,17H,4-5,8,10H2,1-3H3,(H,18,20);1H. The number of benzene rings is 1. The van der Waals surface area contributed by atoms with Gasteiger partial charge in [0.2, 0.25) is 5.91 Å². The number of nitrogens with zero attached hydrogens (tertiary/aromatic N) is 1. The smallest absolute Gasteiger partial charge is 0.253 e. The average molecular weight is 342 g/mol. The van der Waals surface area contributed by atoms with Crippen molar-refractivity contribution in [1.82, 2.24) is 10.2 Å². The van der Waals surface area contributed by atoms with Gasteiger partial charge in [0.1, 0.15) is 5.75 Å². The normalized spacial score (nSPS) is 16.9. The van der Waals surface area contributed by atoms with Crippen LogP contribution in [0.2, 0.25) is 0 Å². The van der Waals surface area contributed by atoms with Gasteiger partial charge < -0.3 is 20.3 Å². The largest absolute Gasteiger partial charge is 0.495 e. The van der Waals surface area contributed by atoms with Crippen LogP contribution in [0.1, 0.15) is 23.2 Å². The zero-order chi connectivity index (χ0) is 16.1. The van der Waals surface area contributed by atoms with Crippen molar-refractivity contribution in [3.8, 4) is 5.75 Å². The van der Waals surface area contributed by atoms with E-state index in [4.69, 9.17) is 4.74 Å². The van der Waals surface area contributed by atoms with Crippen LogP contribution in [0.3, 0.4) is 0 Å². The van der Waals surface area contributed by atoms with Crippen LogP contribution >= 0.6 is 12.4 Å². The molecule has 1 saturated heterocycles. The van der Waals surface area contributed by atoms with Gasteiger partial charge in [0.05, 0.1) is 18.7 Å². The number of piperidine rings is 1. The number of methoxy groups -OCH3 is 1. The molecule has 0 bridgehead atoms. The van der Waals surface area contributed by atoms with Gasteiger partial charge in [-0.15, -0.1) is 12.4 Å². The molecule has 2 amide bonds. The first-order valence-electron chi connectivity index (χ1n) is 7.44. The lowest BCUT2D eigenvalue weighted by Gasteiger charge is -2.22. The summed E-state index contributed by atoms with van der Waals surface area (Å²) in [5.74, 6) is 0.344. The number of hydrogen-bond acceptors (Lipinski definition) is 4. The lowest BCUT2D eigenvalue weighted by atomic mass is 9.98. The second-order valence-electron chi connectivity index (χ2n) is 5.65. The Morgan fingerprint density at radius 3 is 2.65 bits per heavy atom. The van der Waals surface area contributed by atoms with E-state index in [1.54, 1.807) is 39.4 Å². The number of nitrogens with one attached hydrogen (secondary N) is 2. The molecule has 1 aliphatic heterocycles. The maximum atomic E-state index is 12.3. The van der Waals surface area contributed by atoms with Gasteiger partial charge in [-0.2, -0.15) is 0 Å². The van der Waals surface area contributed by atoms with E-state index < -0.39 is 0 Å².